The van der Waals surface area contributed by atoms with E-state index in [1.165, 1.54) is 13.2 Å². The van der Waals surface area contributed by atoms with E-state index in [0.717, 1.165) is 6.07 Å². The average Bonchev–Trinajstić information content (AvgIpc) is 2.20. The van der Waals surface area contributed by atoms with Crippen LogP contribution in [0.15, 0.2) is 12.1 Å². The van der Waals surface area contributed by atoms with Crippen molar-refractivity contribution < 1.29 is 18.6 Å². The van der Waals surface area contributed by atoms with Gasteiger partial charge in [0.25, 0.3) is 0 Å². The van der Waals surface area contributed by atoms with Crippen LogP contribution in [0.1, 0.15) is 11.7 Å². The van der Waals surface area contributed by atoms with Gasteiger partial charge in [-0.1, -0.05) is 15.9 Å². The molecule has 0 saturated carbocycles. The van der Waals surface area contributed by atoms with Gasteiger partial charge in [-0.05, 0) is 12.1 Å². The van der Waals surface area contributed by atoms with Crippen LogP contribution in [-0.2, 0) is 0 Å². The van der Waals surface area contributed by atoms with Gasteiger partial charge in [0.2, 0.25) is 5.82 Å². The monoisotopic (exact) mass is 266 g/mol. The Kier molecular flexibility index (Phi) is 3.83. The van der Waals surface area contributed by atoms with E-state index in [1.807, 2.05) is 0 Å². The first-order valence-electron chi connectivity index (χ1n) is 3.87. The van der Waals surface area contributed by atoms with Crippen molar-refractivity contribution in [2.24, 2.45) is 0 Å². The molecule has 2 nitrogen and oxygen atoms in total. The van der Waals surface area contributed by atoms with Crippen LogP contribution in [0.3, 0.4) is 0 Å². The van der Waals surface area contributed by atoms with E-state index in [-0.39, 0.29) is 16.6 Å². The second-order valence-corrected chi connectivity index (χ2v) is 3.30. The lowest BCUT2D eigenvalue weighted by atomic mass is 10.1. The van der Waals surface area contributed by atoms with Crippen LogP contribution >= 0.6 is 15.9 Å². The first kappa shape index (κ1) is 11.4. The van der Waals surface area contributed by atoms with Gasteiger partial charge in [-0.25, -0.2) is 4.39 Å². The summed E-state index contributed by atoms with van der Waals surface area (Å²) < 4.78 is 30.6. The highest BCUT2D eigenvalue weighted by Gasteiger charge is 2.18. The molecule has 0 aliphatic heterocycles. The van der Waals surface area contributed by atoms with Gasteiger partial charge in [-0.15, -0.1) is 0 Å². The van der Waals surface area contributed by atoms with Crippen molar-refractivity contribution in [3.8, 4) is 5.75 Å². The third-order valence-corrected chi connectivity index (χ3v) is 2.40. The van der Waals surface area contributed by atoms with Crippen molar-refractivity contribution in [1.82, 2.24) is 0 Å². The quantitative estimate of drug-likeness (QED) is 0.852. The van der Waals surface area contributed by atoms with Crippen LogP contribution in [0.25, 0.3) is 0 Å². The van der Waals surface area contributed by atoms with Crippen LogP contribution < -0.4 is 4.74 Å². The predicted octanol–water partition coefficient (Wildman–Crippen LogP) is 2.40. The van der Waals surface area contributed by atoms with E-state index in [4.69, 9.17) is 0 Å². The first-order valence-corrected chi connectivity index (χ1v) is 4.99. The van der Waals surface area contributed by atoms with Crippen LogP contribution in [0.4, 0.5) is 8.78 Å². The second kappa shape index (κ2) is 4.70. The fourth-order valence-electron chi connectivity index (χ4n) is 1.10. The topological polar surface area (TPSA) is 29.5 Å². The molecule has 0 amide bonds. The van der Waals surface area contributed by atoms with Crippen molar-refractivity contribution in [2.75, 3.05) is 12.4 Å². The van der Waals surface area contributed by atoms with E-state index in [1.54, 1.807) is 0 Å². The summed E-state index contributed by atoms with van der Waals surface area (Å²) in [4.78, 5) is 0. The van der Waals surface area contributed by atoms with Crippen LogP contribution in [-0.4, -0.2) is 17.5 Å². The Labute approximate surface area is 88.6 Å². The molecular weight excluding hydrogens is 258 g/mol. The zero-order valence-electron chi connectivity index (χ0n) is 7.43. The molecule has 5 heteroatoms. The maximum atomic E-state index is 13.1. The summed E-state index contributed by atoms with van der Waals surface area (Å²) in [5.41, 5.74) is 0.225. The largest absolute Gasteiger partial charge is 0.493 e. The van der Waals surface area contributed by atoms with Crippen LogP contribution in [0.5, 0.6) is 5.75 Å². The number of aliphatic hydroxyl groups is 1. The van der Waals surface area contributed by atoms with Crippen molar-refractivity contribution in [3.63, 3.8) is 0 Å². The maximum Gasteiger partial charge on any atom is 0.200 e. The molecule has 0 radical (unpaired) electrons. The molecule has 78 valence electrons. The molecule has 1 rings (SSSR count). The molecule has 14 heavy (non-hydrogen) atoms. The molecular formula is C9H9BrF2O2. The minimum atomic E-state index is -1.08. The molecule has 1 aromatic carbocycles. The van der Waals surface area contributed by atoms with E-state index < -0.39 is 17.7 Å². The van der Waals surface area contributed by atoms with Gasteiger partial charge in [0.15, 0.2) is 11.6 Å². The summed E-state index contributed by atoms with van der Waals surface area (Å²) in [6.07, 6.45) is -0.917. The highest BCUT2D eigenvalue weighted by Crippen LogP contribution is 2.30. The zero-order chi connectivity index (χ0) is 10.7. The van der Waals surface area contributed by atoms with Crippen LogP contribution in [0.2, 0.25) is 0 Å². The number of aliphatic hydroxyl groups excluding tert-OH is 1. The number of benzene rings is 1. The molecule has 1 aromatic rings. The SMILES string of the molecule is COc1c(C(O)CBr)ccc(F)c1F. The fraction of sp³-hybridized carbons (Fsp3) is 0.333. The molecule has 0 aliphatic carbocycles. The summed E-state index contributed by atoms with van der Waals surface area (Å²) in [6, 6.07) is 2.25. The second-order valence-electron chi connectivity index (χ2n) is 2.65. The lowest BCUT2D eigenvalue weighted by Gasteiger charge is -2.13. The third kappa shape index (κ3) is 2.04. The van der Waals surface area contributed by atoms with Gasteiger partial charge < -0.3 is 9.84 Å². The van der Waals surface area contributed by atoms with E-state index in [9.17, 15) is 13.9 Å². The van der Waals surface area contributed by atoms with Gasteiger partial charge in [0, 0.05) is 10.9 Å². The molecule has 0 aromatic heterocycles. The number of alkyl halides is 1. The van der Waals surface area contributed by atoms with Crippen molar-refractivity contribution in [2.45, 2.75) is 6.10 Å². The normalized spacial score (nSPS) is 12.6. The highest BCUT2D eigenvalue weighted by atomic mass is 79.9. The number of methoxy groups -OCH3 is 1. The number of rotatable bonds is 3. The Morgan fingerprint density at radius 1 is 1.50 bits per heavy atom. The first-order chi connectivity index (χ1) is 6.61. The van der Waals surface area contributed by atoms with E-state index >= 15 is 0 Å². The fourth-order valence-corrected chi connectivity index (χ4v) is 1.45. The Morgan fingerprint density at radius 2 is 2.14 bits per heavy atom. The molecule has 0 saturated heterocycles. The minimum Gasteiger partial charge on any atom is -0.493 e. The average molecular weight is 267 g/mol. The number of hydrogen-bond acceptors (Lipinski definition) is 2. The molecule has 0 bridgehead atoms. The van der Waals surface area contributed by atoms with Crippen molar-refractivity contribution >= 4 is 15.9 Å². The van der Waals surface area contributed by atoms with E-state index in [2.05, 4.69) is 20.7 Å². The molecule has 0 heterocycles. The molecule has 0 aliphatic rings. The number of halogens is 3. The Bertz CT molecular complexity index is 331. The van der Waals surface area contributed by atoms with Crippen molar-refractivity contribution in [1.29, 1.82) is 0 Å². The number of ether oxygens (including phenoxy) is 1. The molecule has 1 N–H and O–H groups in total. The molecule has 0 fully saturated rings. The third-order valence-electron chi connectivity index (χ3n) is 1.79. The van der Waals surface area contributed by atoms with Crippen LogP contribution in [0, 0.1) is 11.6 Å². The lowest BCUT2D eigenvalue weighted by molar-refractivity contribution is 0.198. The van der Waals surface area contributed by atoms with Crippen molar-refractivity contribution in [3.05, 3.63) is 29.3 Å². The Balaban J connectivity index is 3.23. The summed E-state index contributed by atoms with van der Waals surface area (Å²) in [5.74, 6) is -2.32. The van der Waals surface area contributed by atoms with Gasteiger partial charge in [0.1, 0.15) is 0 Å². The minimum absolute atomic E-state index is 0.225. The van der Waals surface area contributed by atoms with Gasteiger partial charge in [-0.3, -0.25) is 0 Å². The molecule has 1 unspecified atom stereocenters. The Hall–Kier alpha value is -0.680. The highest BCUT2D eigenvalue weighted by molar-refractivity contribution is 9.09. The zero-order valence-corrected chi connectivity index (χ0v) is 9.01. The Morgan fingerprint density at radius 3 is 2.64 bits per heavy atom. The summed E-state index contributed by atoms with van der Waals surface area (Å²) in [6.45, 7) is 0. The van der Waals surface area contributed by atoms with Gasteiger partial charge in [-0.2, -0.15) is 4.39 Å². The molecule has 0 spiro atoms. The smallest absolute Gasteiger partial charge is 0.200 e. The number of hydrogen-bond donors (Lipinski definition) is 1. The van der Waals surface area contributed by atoms with Gasteiger partial charge >= 0.3 is 0 Å². The maximum absolute atomic E-state index is 13.1. The summed E-state index contributed by atoms with van der Waals surface area (Å²) >= 11 is 3.04. The van der Waals surface area contributed by atoms with E-state index in [0.29, 0.717) is 0 Å². The summed E-state index contributed by atoms with van der Waals surface area (Å²) in [7, 11) is 1.22. The lowest BCUT2D eigenvalue weighted by Crippen LogP contribution is -2.04. The molecule has 1 atom stereocenters. The summed E-state index contributed by atoms with van der Waals surface area (Å²) in [5, 5.41) is 9.67. The standard InChI is InChI=1S/C9H9BrF2O2/c1-14-9-5(7(13)4-10)2-3-6(11)8(9)12/h2-3,7,13H,4H2,1H3. The predicted molar refractivity (Wildman–Crippen MR) is 51.7 cm³/mol. The van der Waals surface area contributed by atoms with Gasteiger partial charge in [0.05, 0.1) is 13.2 Å².